The maximum Gasteiger partial charge on any atom is 0.277 e. The van der Waals surface area contributed by atoms with Gasteiger partial charge in [0, 0.05) is 0 Å². The second-order valence-electron chi connectivity index (χ2n) is 5.61. The minimum absolute atomic E-state index is 0.0930. The summed E-state index contributed by atoms with van der Waals surface area (Å²) in [6.45, 7) is 6.15. The van der Waals surface area contributed by atoms with Gasteiger partial charge in [0.25, 0.3) is 5.91 Å². The fraction of sp³-hybridized carbons (Fsp3) is 0.263. The van der Waals surface area contributed by atoms with Crippen molar-refractivity contribution in [3.05, 3.63) is 50.6 Å². The Balaban J connectivity index is 1.91. The lowest BCUT2D eigenvalue weighted by Gasteiger charge is -2.08. The van der Waals surface area contributed by atoms with E-state index in [1.54, 1.807) is 12.1 Å². The normalized spacial score (nSPS) is 10.8. The minimum Gasteiger partial charge on any atom is -0.504 e. The molecule has 0 aromatic heterocycles. The smallest absolute Gasteiger partial charge is 0.277 e. The molecule has 0 radical (unpaired) electrons. The summed E-state index contributed by atoms with van der Waals surface area (Å²) in [5, 5.41) is 13.8. The molecule has 2 aromatic rings. The second-order valence-corrected chi connectivity index (χ2v) is 6.77. The minimum atomic E-state index is -0.363. The number of hydrogen-bond donors (Lipinski definition) is 2. The topological polar surface area (TPSA) is 80.2 Å². The van der Waals surface area contributed by atoms with E-state index in [9.17, 15) is 9.90 Å². The van der Waals surface area contributed by atoms with Crippen molar-refractivity contribution in [3.63, 3.8) is 0 Å². The summed E-state index contributed by atoms with van der Waals surface area (Å²) in [4.78, 5) is 11.8. The standard InChI is InChI=1S/C19H21IN2O4/c1-4-25-17-9-14(8-16(20)19(17)24)10-21-22-18(23)11-26-15-6-5-12(2)13(3)7-15/h5-10,24H,4,11H2,1-3H3,(H,22,23)/b21-10-. The van der Waals surface area contributed by atoms with Crippen molar-refractivity contribution in [2.24, 2.45) is 5.10 Å². The Morgan fingerprint density at radius 1 is 1.23 bits per heavy atom. The molecule has 2 N–H and O–H groups in total. The summed E-state index contributed by atoms with van der Waals surface area (Å²) >= 11 is 2.01. The van der Waals surface area contributed by atoms with Crippen LogP contribution in [0.5, 0.6) is 17.2 Å². The van der Waals surface area contributed by atoms with Crippen LogP contribution in [0, 0.1) is 17.4 Å². The summed E-state index contributed by atoms with van der Waals surface area (Å²) in [5.41, 5.74) is 5.39. The van der Waals surface area contributed by atoms with Crippen LogP contribution in [-0.2, 0) is 4.79 Å². The molecule has 0 saturated carbocycles. The molecule has 7 heteroatoms. The lowest BCUT2D eigenvalue weighted by molar-refractivity contribution is -0.123. The van der Waals surface area contributed by atoms with Gasteiger partial charge in [0.15, 0.2) is 18.1 Å². The highest BCUT2D eigenvalue weighted by Crippen LogP contribution is 2.32. The molecule has 0 saturated heterocycles. The molecule has 0 aliphatic heterocycles. The maximum absolute atomic E-state index is 11.8. The van der Waals surface area contributed by atoms with Gasteiger partial charge in [-0.25, -0.2) is 5.43 Å². The van der Waals surface area contributed by atoms with E-state index in [1.807, 2.05) is 61.6 Å². The first-order valence-corrected chi connectivity index (χ1v) is 9.15. The van der Waals surface area contributed by atoms with E-state index in [0.717, 1.165) is 5.56 Å². The first-order valence-electron chi connectivity index (χ1n) is 8.08. The molecule has 0 spiro atoms. The SMILES string of the molecule is CCOc1cc(/C=N\NC(=O)COc2ccc(C)c(C)c2)cc(I)c1O. The summed E-state index contributed by atoms with van der Waals surface area (Å²) < 4.78 is 11.5. The number of hydrazone groups is 1. The summed E-state index contributed by atoms with van der Waals surface area (Å²) in [7, 11) is 0. The number of phenolic OH excluding ortho intramolecular Hbond substituents is 1. The van der Waals surface area contributed by atoms with Crippen LogP contribution in [0.1, 0.15) is 23.6 Å². The van der Waals surface area contributed by atoms with E-state index >= 15 is 0 Å². The lowest BCUT2D eigenvalue weighted by Crippen LogP contribution is -2.24. The number of rotatable bonds is 7. The Labute approximate surface area is 166 Å². The van der Waals surface area contributed by atoms with Crippen molar-refractivity contribution in [2.75, 3.05) is 13.2 Å². The molecule has 0 heterocycles. The Kier molecular flexibility index (Phi) is 7.26. The van der Waals surface area contributed by atoms with Crippen LogP contribution < -0.4 is 14.9 Å². The van der Waals surface area contributed by atoms with E-state index < -0.39 is 0 Å². The molecule has 0 aliphatic carbocycles. The third kappa shape index (κ3) is 5.62. The molecule has 0 fully saturated rings. The monoisotopic (exact) mass is 468 g/mol. The molecule has 26 heavy (non-hydrogen) atoms. The van der Waals surface area contributed by atoms with Crippen LogP contribution in [0.25, 0.3) is 0 Å². The van der Waals surface area contributed by atoms with Crippen LogP contribution in [-0.4, -0.2) is 30.4 Å². The van der Waals surface area contributed by atoms with Crippen molar-refractivity contribution in [3.8, 4) is 17.2 Å². The highest BCUT2D eigenvalue weighted by atomic mass is 127. The van der Waals surface area contributed by atoms with E-state index in [0.29, 0.717) is 27.2 Å². The third-order valence-corrected chi connectivity index (χ3v) is 4.42. The van der Waals surface area contributed by atoms with Crippen molar-refractivity contribution in [1.29, 1.82) is 0 Å². The van der Waals surface area contributed by atoms with Gasteiger partial charge in [0.2, 0.25) is 0 Å². The fourth-order valence-electron chi connectivity index (χ4n) is 2.10. The molecule has 1 amide bonds. The fourth-order valence-corrected chi connectivity index (χ4v) is 2.72. The number of benzene rings is 2. The molecular formula is C19H21IN2O4. The van der Waals surface area contributed by atoms with E-state index in [4.69, 9.17) is 9.47 Å². The average Bonchev–Trinajstić information content (AvgIpc) is 2.60. The van der Waals surface area contributed by atoms with Crippen molar-refractivity contribution >= 4 is 34.7 Å². The number of halogens is 1. The predicted molar refractivity (Wildman–Crippen MR) is 109 cm³/mol. The van der Waals surface area contributed by atoms with Gasteiger partial charge in [0.1, 0.15) is 5.75 Å². The van der Waals surface area contributed by atoms with Crippen LogP contribution >= 0.6 is 22.6 Å². The van der Waals surface area contributed by atoms with Crippen LogP contribution in [0.15, 0.2) is 35.4 Å². The number of amides is 1. The number of carbonyl (C=O) groups excluding carboxylic acids is 1. The molecular weight excluding hydrogens is 447 g/mol. The molecule has 0 unspecified atom stereocenters. The van der Waals surface area contributed by atoms with Gasteiger partial charge in [-0.1, -0.05) is 6.07 Å². The molecule has 0 aliphatic rings. The number of nitrogens with zero attached hydrogens (tertiary/aromatic N) is 1. The highest BCUT2D eigenvalue weighted by molar-refractivity contribution is 14.1. The lowest BCUT2D eigenvalue weighted by atomic mass is 10.1. The first kappa shape index (κ1) is 20.0. The Morgan fingerprint density at radius 2 is 2.00 bits per heavy atom. The number of phenols is 1. The Bertz CT molecular complexity index is 821. The van der Waals surface area contributed by atoms with Crippen LogP contribution in [0.2, 0.25) is 0 Å². The molecule has 2 rings (SSSR count). The zero-order chi connectivity index (χ0) is 19.1. The number of nitrogens with one attached hydrogen (secondary N) is 1. The summed E-state index contributed by atoms with van der Waals surface area (Å²) in [5.74, 6) is 0.750. The van der Waals surface area contributed by atoms with Gasteiger partial charge in [0.05, 0.1) is 16.4 Å². The zero-order valence-corrected chi connectivity index (χ0v) is 17.0. The van der Waals surface area contributed by atoms with Gasteiger partial charge in [-0.05, 0) is 84.3 Å². The number of hydrogen-bond acceptors (Lipinski definition) is 5. The largest absolute Gasteiger partial charge is 0.504 e. The Morgan fingerprint density at radius 3 is 2.69 bits per heavy atom. The van der Waals surface area contributed by atoms with Crippen LogP contribution in [0.3, 0.4) is 0 Å². The molecule has 0 atom stereocenters. The molecule has 0 bridgehead atoms. The number of carbonyl (C=O) groups is 1. The molecule has 138 valence electrons. The molecule has 2 aromatic carbocycles. The quantitative estimate of drug-likeness (QED) is 0.370. The molecule has 6 nitrogen and oxygen atoms in total. The van der Waals surface area contributed by atoms with Gasteiger partial charge in [-0.2, -0.15) is 5.10 Å². The zero-order valence-electron chi connectivity index (χ0n) is 14.9. The predicted octanol–water partition coefficient (Wildman–Crippen LogP) is 3.54. The summed E-state index contributed by atoms with van der Waals surface area (Å²) in [6, 6.07) is 9.05. The van der Waals surface area contributed by atoms with Crippen LogP contribution in [0.4, 0.5) is 0 Å². The van der Waals surface area contributed by atoms with Gasteiger partial charge in [-0.3, -0.25) is 4.79 Å². The average molecular weight is 468 g/mol. The maximum atomic E-state index is 11.8. The van der Waals surface area contributed by atoms with Crippen molar-refractivity contribution in [2.45, 2.75) is 20.8 Å². The Hall–Kier alpha value is -2.29. The number of aromatic hydroxyl groups is 1. The van der Waals surface area contributed by atoms with Crippen molar-refractivity contribution < 1.29 is 19.4 Å². The number of aryl methyl sites for hydroxylation is 2. The van der Waals surface area contributed by atoms with Gasteiger partial charge in [-0.15, -0.1) is 0 Å². The summed E-state index contributed by atoms with van der Waals surface area (Å²) in [6.07, 6.45) is 1.48. The second kappa shape index (κ2) is 9.42. The van der Waals surface area contributed by atoms with Crippen molar-refractivity contribution in [1.82, 2.24) is 5.43 Å². The first-order chi connectivity index (χ1) is 12.4. The van der Waals surface area contributed by atoms with E-state index in [-0.39, 0.29) is 18.3 Å². The van der Waals surface area contributed by atoms with Gasteiger partial charge < -0.3 is 14.6 Å². The highest BCUT2D eigenvalue weighted by Gasteiger charge is 2.08. The van der Waals surface area contributed by atoms with E-state index in [1.165, 1.54) is 11.8 Å². The third-order valence-electron chi connectivity index (χ3n) is 3.60. The number of ether oxygens (including phenoxy) is 2. The van der Waals surface area contributed by atoms with E-state index in [2.05, 4.69) is 10.5 Å². The van der Waals surface area contributed by atoms with Gasteiger partial charge >= 0.3 is 0 Å².